The molecule has 0 aliphatic carbocycles. The summed E-state index contributed by atoms with van der Waals surface area (Å²) in [7, 11) is 0. The van der Waals surface area contributed by atoms with Crippen LogP contribution in [0.2, 0.25) is 0 Å². The number of para-hydroxylation sites is 1. The molecule has 5 nitrogen and oxygen atoms in total. The molecule has 31 heavy (non-hydrogen) atoms. The van der Waals surface area contributed by atoms with Gasteiger partial charge in [0.2, 0.25) is 5.91 Å². The van der Waals surface area contributed by atoms with E-state index in [9.17, 15) is 9.59 Å². The van der Waals surface area contributed by atoms with Gasteiger partial charge in [0.15, 0.2) is 0 Å². The van der Waals surface area contributed by atoms with Crippen molar-refractivity contribution in [2.24, 2.45) is 0 Å². The van der Waals surface area contributed by atoms with Crippen molar-refractivity contribution in [3.63, 3.8) is 0 Å². The maximum Gasteiger partial charge on any atom is 0.258 e. The zero-order chi connectivity index (χ0) is 21.4. The van der Waals surface area contributed by atoms with Gasteiger partial charge in [-0.3, -0.25) is 9.59 Å². The first-order valence-electron chi connectivity index (χ1n) is 10.4. The fourth-order valence-electron chi connectivity index (χ4n) is 4.30. The minimum Gasteiger partial charge on any atom is -0.354 e. The number of rotatable bonds is 3. The average molecular weight is 409 g/mol. The molecule has 0 radical (unpaired) electrons. The largest absolute Gasteiger partial charge is 0.354 e. The lowest BCUT2D eigenvalue weighted by Crippen LogP contribution is -2.34. The highest BCUT2D eigenvalue weighted by Gasteiger charge is 2.28. The van der Waals surface area contributed by atoms with Crippen LogP contribution in [0.4, 0.5) is 11.4 Å². The Morgan fingerprint density at radius 3 is 2.55 bits per heavy atom. The topological polar surface area (TPSA) is 61.4 Å². The molecule has 2 N–H and O–H groups in total. The highest BCUT2D eigenvalue weighted by Crippen LogP contribution is 2.37. The molecule has 2 heterocycles. The second kappa shape index (κ2) is 7.76. The summed E-state index contributed by atoms with van der Waals surface area (Å²) in [6, 6.07) is 23.9. The highest BCUT2D eigenvalue weighted by molar-refractivity contribution is 6.37. The number of anilines is 2. The van der Waals surface area contributed by atoms with Crippen molar-refractivity contribution in [3.05, 3.63) is 95.1 Å². The molecule has 0 saturated heterocycles. The minimum atomic E-state index is -0.117. The van der Waals surface area contributed by atoms with Crippen LogP contribution in [0.3, 0.4) is 0 Å². The molecule has 0 unspecified atom stereocenters. The fraction of sp³-hybridized carbons (Fsp3) is 0.154. The van der Waals surface area contributed by atoms with Gasteiger partial charge in [-0.05, 0) is 41.3 Å². The molecule has 0 saturated carbocycles. The molecular weight excluding hydrogens is 386 g/mol. The van der Waals surface area contributed by atoms with Gasteiger partial charge in [0.1, 0.15) is 0 Å². The van der Waals surface area contributed by atoms with Gasteiger partial charge in [-0.25, -0.2) is 0 Å². The molecule has 2 aliphatic heterocycles. The average Bonchev–Trinajstić information content (AvgIpc) is 3.13. The van der Waals surface area contributed by atoms with Crippen LogP contribution >= 0.6 is 0 Å². The Morgan fingerprint density at radius 2 is 1.74 bits per heavy atom. The molecule has 5 rings (SSSR count). The quantitative estimate of drug-likeness (QED) is 0.625. The molecule has 154 valence electrons. The second-order valence-corrected chi connectivity index (χ2v) is 7.91. The zero-order valence-corrected chi connectivity index (χ0v) is 17.3. The Bertz CT molecular complexity index is 1210. The van der Waals surface area contributed by atoms with E-state index in [1.54, 1.807) is 6.92 Å². The highest BCUT2D eigenvalue weighted by atomic mass is 16.2. The van der Waals surface area contributed by atoms with Gasteiger partial charge in [-0.2, -0.15) is 0 Å². The summed E-state index contributed by atoms with van der Waals surface area (Å²) in [6.45, 7) is 2.98. The molecule has 0 atom stereocenters. The molecule has 2 amide bonds. The van der Waals surface area contributed by atoms with Gasteiger partial charge >= 0.3 is 0 Å². The van der Waals surface area contributed by atoms with Gasteiger partial charge in [-0.15, -0.1) is 0 Å². The molecule has 3 aromatic carbocycles. The number of benzene rings is 3. The first kappa shape index (κ1) is 19.1. The van der Waals surface area contributed by atoms with Crippen molar-refractivity contribution in [3.8, 4) is 0 Å². The number of hydrogen-bond donors (Lipinski definition) is 2. The lowest BCUT2D eigenvalue weighted by atomic mass is 9.97. The number of nitrogens with zero attached hydrogens (tertiary/aromatic N) is 1. The Balaban J connectivity index is 1.59. The lowest BCUT2D eigenvalue weighted by molar-refractivity contribution is -0.129. The van der Waals surface area contributed by atoms with Crippen LogP contribution in [0.1, 0.15) is 29.2 Å². The van der Waals surface area contributed by atoms with Gasteiger partial charge in [0.05, 0.1) is 11.3 Å². The first-order chi connectivity index (χ1) is 15.1. The molecular formula is C26H23N3O2. The van der Waals surface area contributed by atoms with E-state index in [4.69, 9.17) is 0 Å². The van der Waals surface area contributed by atoms with Gasteiger partial charge < -0.3 is 15.5 Å². The molecule has 0 aromatic heterocycles. The SMILES string of the molecule is CC(=O)N1CCc2ccc(N/C(=C3\C(=O)Nc4ccccc43)c3ccccc3)cc2C1. The van der Waals surface area contributed by atoms with Crippen LogP contribution in [0.25, 0.3) is 11.3 Å². The van der Waals surface area contributed by atoms with E-state index in [2.05, 4.69) is 22.8 Å². The minimum absolute atomic E-state index is 0.0929. The van der Waals surface area contributed by atoms with Crippen molar-refractivity contribution in [1.82, 2.24) is 4.90 Å². The molecule has 5 heteroatoms. The van der Waals surface area contributed by atoms with Crippen LogP contribution < -0.4 is 10.6 Å². The Labute approximate surface area is 181 Å². The van der Waals surface area contributed by atoms with Gasteiger partial charge in [0, 0.05) is 37.0 Å². The summed E-state index contributed by atoms with van der Waals surface area (Å²) in [5.41, 5.74) is 7.34. The third kappa shape index (κ3) is 3.59. The van der Waals surface area contributed by atoms with Crippen LogP contribution in [-0.2, 0) is 22.6 Å². The number of fused-ring (bicyclic) bond motifs is 2. The lowest BCUT2D eigenvalue weighted by Gasteiger charge is -2.28. The predicted molar refractivity (Wildman–Crippen MR) is 123 cm³/mol. The number of carbonyl (C=O) groups is 2. The summed E-state index contributed by atoms with van der Waals surface area (Å²) >= 11 is 0. The number of amides is 2. The molecule has 0 fully saturated rings. The Kier molecular flexibility index (Phi) is 4.79. The van der Waals surface area contributed by atoms with Crippen LogP contribution in [0.5, 0.6) is 0 Å². The van der Waals surface area contributed by atoms with E-state index in [1.807, 2.05) is 65.6 Å². The van der Waals surface area contributed by atoms with E-state index in [0.717, 1.165) is 46.7 Å². The molecule has 0 spiro atoms. The fourth-order valence-corrected chi connectivity index (χ4v) is 4.30. The van der Waals surface area contributed by atoms with E-state index in [-0.39, 0.29) is 11.8 Å². The third-order valence-electron chi connectivity index (χ3n) is 5.92. The summed E-state index contributed by atoms with van der Waals surface area (Å²) in [4.78, 5) is 26.6. The monoisotopic (exact) mass is 409 g/mol. The van der Waals surface area contributed by atoms with Crippen LogP contribution in [0.15, 0.2) is 72.8 Å². The molecule has 3 aromatic rings. The smallest absolute Gasteiger partial charge is 0.258 e. The summed E-state index contributed by atoms with van der Waals surface area (Å²) < 4.78 is 0. The van der Waals surface area contributed by atoms with Crippen molar-refractivity contribution in [2.75, 3.05) is 17.2 Å². The summed E-state index contributed by atoms with van der Waals surface area (Å²) in [5.74, 6) is -0.0244. The summed E-state index contributed by atoms with van der Waals surface area (Å²) in [5, 5.41) is 6.49. The van der Waals surface area contributed by atoms with Crippen molar-refractivity contribution >= 4 is 34.5 Å². The standard InChI is InChI=1S/C26H23N3O2/c1-17(30)29-14-13-18-11-12-21(15-20(18)16-29)27-25(19-7-3-2-4-8-19)24-22-9-5-6-10-23(22)28-26(24)31/h2-12,15,27H,13-14,16H2,1H3,(H,28,31)/b25-24-. The van der Waals surface area contributed by atoms with E-state index in [1.165, 1.54) is 5.56 Å². The predicted octanol–water partition coefficient (Wildman–Crippen LogP) is 4.52. The van der Waals surface area contributed by atoms with Gasteiger partial charge in [-0.1, -0.05) is 54.6 Å². The third-order valence-corrected chi connectivity index (χ3v) is 5.92. The Hall–Kier alpha value is -3.86. The summed E-state index contributed by atoms with van der Waals surface area (Å²) in [6.07, 6.45) is 0.859. The van der Waals surface area contributed by atoms with Crippen LogP contribution in [-0.4, -0.2) is 23.3 Å². The van der Waals surface area contributed by atoms with E-state index >= 15 is 0 Å². The van der Waals surface area contributed by atoms with Crippen molar-refractivity contribution in [1.29, 1.82) is 0 Å². The van der Waals surface area contributed by atoms with E-state index in [0.29, 0.717) is 12.1 Å². The Morgan fingerprint density at radius 1 is 0.968 bits per heavy atom. The van der Waals surface area contributed by atoms with Crippen molar-refractivity contribution in [2.45, 2.75) is 19.9 Å². The normalized spacial score (nSPS) is 16.3. The maximum absolute atomic E-state index is 12.9. The number of carbonyl (C=O) groups excluding carboxylic acids is 2. The molecule has 2 aliphatic rings. The van der Waals surface area contributed by atoms with Crippen LogP contribution in [0, 0.1) is 0 Å². The molecule has 0 bridgehead atoms. The van der Waals surface area contributed by atoms with Gasteiger partial charge in [0.25, 0.3) is 5.91 Å². The number of nitrogens with one attached hydrogen (secondary N) is 2. The maximum atomic E-state index is 12.9. The second-order valence-electron chi connectivity index (χ2n) is 7.91. The van der Waals surface area contributed by atoms with E-state index < -0.39 is 0 Å². The zero-order valence-electron chi connectivity index (χ0n) is 17.3. The number of hydrogen-bond acceptors (Lipinski definition) is 3. The van der Waals surface area contributed by atoms with Crippen molar-refractivity contribution < 1.29 is 9.59 Å². The first-order valence-corrected chi connectivity index (χ1v) is 10.4.